The maximum Gasteiger partial charge on any atom is 0.417 e. The van der Waals surface area contributed by atoms with E-state index >= 15 is 0 Å². The molecule has 1 aliphatic heterocycles. The molecule has 2 amide bonds. The average Bonchev–Trinajstić information content (AvgIpc) is 3.13. The highest BCUT2D eigenvalue weighted by Crippen LogP contribution is 2.23. The normalized spacial score (nSPS) is 18.0. The molecular weight excluding hydrogens is 426 g/mol. The number of nitrogens with zero attached hydrogens (tertiary/aromatic N) is 1. The molecule has 1 heterocycles. The van der Waals surface area contributed by atoms with Gasteiger partial charge in [-0.1, -0.05) is 13.8 Å². The molecule has 3 unspecified atom stereocenters. The first-order valence-corrected chi connectivity index (χ1v) is 10.3. The molecule has 1 saturated heterocycles. The number of ketones is 2. The predicted octanol–water partition coefficient (Wildman–Crippen LogP) is 0.420. The molecule has 180 valence electrons. The molecule has 1 rings (SSSR count). The Kier molecular flexibility index (Phi) is 11.7. The van der Waals surface area contributed by atoms with Crippen molar-refractivity contribution in [2.24, 2.45) is 5.92 Å². The standard InChI is InChI=1S/C21H31NO10/c1-13(2)16-12-31-21(28)22(16)20(27)19(29-4)18(32-14(3)24)17(26)8-7-15(25)6-5-10-30-11-9-23/h7-8,13,16,18-19,23H,5-6,9-12H2,1-4H3. The van der Waals surface area contributed by atoms with Crippen LogP contribution in [0.2, 0.25) is 0 Å². The topological polar surface area (TPSA) is 146 Å². The number of methoxy groups -OCH3 is 1. The first-order valence-electron chi connectivity index (χ1n) is 10.3. The largest absolute Gasteiger partial charge is 0.451 e. The number of ether oxygens (including phenoxy) is 4. The van der Waals surface area contributed by atoms with Gasteiger partial charge in [-0.05, 0) is 24.5 Å². The van der Waals surface area contributed by atoms with Crippen molar-refractivity contribution in [3.63, 3.8) is 0 Å². The van der Waals surface area contributed by atoms with Crippen LogP contribution in [-0.4, -0.2) is 91.3 Å². The summed E-state index contributed by atoms with van der Waals surface area (Å²) in [5.41, 5.74) is 0. The van der Waals surface area contributed by atoms with Gasteiger partial charge in [0.2, 0.25) is 0 Å². The third-order valence-electron chi connectivity index (χ3n) is 4.64. The summed E-state index contributed by atoms with van der Waals surface area (Å²) in [4.78, 5) is 62.2. The maximum atomic E-state index is 13.0. The van der Waals surface area contributed by atoms with E-state index in [1.165, 1.54) is 0 Å². The lowest BCUT2D eigenvalue weighted by atomic mass is 10.0. The lowest BCUT2D eigenvalue weighted by Crippen LogP contribution is -2.53. The molecule has 32 heavy (non-hydrogen) atoms. The molecule has 0 aliphatic carbocycles. The summed E-state index contributed by atoms with van der Waals surface area (Å²) in [7, 11) is 1.14. The number of aliphatic hydroxyl groups is 1. The Balaban J connectivity index is 2.92. The van der Waals surface area contributed by atoms with E-state index in [0.717, 1.165) is 31.1 Å². The second kappa shape index (κ2) is 13.7. The molecule has 1 aliphatic rings. The summed E-state index contributed by atoms with van der Waals surface area (Å²) in [5.74, 6) is -3.07. The molecule has 0 aromatic rings. The van der Waals surface area contributed by atoms with Gasteiger partial charge in [-0.2, -0.15) is 0 Å². The molecule has 0 radical (unpaired) electrons. The quantitative estimate of drug-likeness (QED) is 0.221. The van der Waals surface area contributed by atoms with Gasteiger partial charge >= 0.3 is 12.1 Å². The molecule has 0 aromatic carbocycles. The van der Waals surface area contributed by atoms with E-state index in [0.29, 0.717) is 6.42 Å². The van der Waals surface area contributed by atoms with Crippen molar-refractivity contribution >= 4 is 29.5 Å². The van der Waals surface area contributed by atoms with Crippen molar-refractivity contribution in [3.8, 4) is 0 Å². The molecular formula is C21H31NO10. The van der Waals surface area contributed by atoms with E-state index in [-0.39, 0.29) is 44.5 Å². The van der Waals surface area contributed by atoms with Gasteiger partial charge in [-0.15, -0.1) is 0 Å². The third kappa shape index (κ3) is 8.13. The summed E-state index contributed by atoms with van der Waals surface area (Å²) in [6.07, 6.45) is -1.77. The molecule has 11 heteroatoms. The number of allylic oxidation sites excluding steroid dienone is 1. The van der Waals surface area contributed by atoms with Crippen LogP contribution in [0.1, 0.15) is 33.6 Å². The number of hydrogen-bond donors (Lipinski definition) is 1. The number of carbonyl (C=O) groups excluding carboxylic acids is 5. The minimum atomic E-state index is -1.69. The summed E-state index contributed by atoms with van der Waals surface area (Å²) in [5, 5.41) is 8.62. The minimum absolute atomic E-state index is 0.00127. The zero-order valence-corrected chi connectivity index (χ0v) is 18.8. The summed E-state index contributed by atoms with van der Waals surface area (Å²) >= 11 is 0. The van der Waals surface area contributed by atoms with E-state index in [4.69, 9.17) is 24.1 Å². The first kappa shape index (κ1) is 27.4. The second-order valence-electron chi connectivity index (χ2n) is 7.42. The number of carbonyl (C=O) groups is 5. The Morgan fingerprint density at radius 1 is 1.19 bits per heavy atom. The van der Waals surface area contributed by atoms with Gasteiger partial charge in [0.25, 0.3) is 5.91 Å². The van der Waals surface area contributed by atoms with Crippen LogP contribution in [0.15, 0.2) is 12.2 Å². The van der Waals surface area contributed by atoms with E-state index in [9.17, 15) is 24.0 Å². The van der Waals surface area contributed by atoms with Crippen molar-refractivity contribution in [3.05, 3.63) is 12.2 Å². The molecule has 0 aromatic heterocycles. The molecule has 0 bridgehead atoms. The number of imide groups is 1. The van der Waals surface area contributed by atoms with Gasteiger partial charge < -0.3 is 24.1 Å². The Morgan fingerprint density at radius 2 is 1.88 bits per heavy atom. The average molecular weight is 457 g/mol. The highest BCUT2D eigenvalue weighted by molar-refractivity contribution is 6.05. The van der Waals surface area contributed by atoms with Crippen LogP contribution in [0.25, 0.3) is 0 Å². The Morgan fingerprint density at radius 3 is 2.44 bits per heavy atom. The van der Waals surface area contributed by atoms with Crippen molar-refractivity contribution in [1.82, 2.24) is 4.90 Å². The zero-order valence-electron chi connectivity index (χ0n) is 18.8. The number of aliphatic hydroxyl groups excluding tert-OH is 1. The smallest absolute Gasteiger partial charge is 0.417 e. The van der Waals surface area contributed by atoms with E-state index < -0.39 is 42.0 Å². The van der Waals surface area contributed by atoms with Gasteiger partial charge in [0.15, 0.2) is 23.8 Å². The van der Waals surface area contributed by atoms with Crippen LogP contribution >= 0.6 is 0 Å². The zero-order chi connectivity index (χ0) is 24.3. The molecule has 3 atom stereocenters. The fourth-order valence-corrected chi connectivity index (χ4v) is 2.99. The monoisotopic (exact) mass is 457 g/mol. The Bertz CT molecular complexity index is 717. The van der Waals surface area contributed by atoms with E-state index in [1.807, 2.05) is 0 Å². The van der Waals surface area contributed by atoms with Crippen LogP contribution in [0.3, 0.4) is 0 Å². The second-order valence-corrected chi connectivity index (χ2v) is 7.42. The molecule has 11 nitrogen and oxygen atoms in total. The van der Waals surface area contributed by atoms with Crippen molar-refractivity contribution in [2.75, 3.05) is 33.5 Å². The summed E-state index contributed by atoms with van der Waals surface area (Å²) in [6.45, 7) is 4.97. The van der Waals surface area contributed by atoms with Gasteiger partial charge in [0.1, 0.15) is 6.61 Å². The number of rotatable bonds is 14. The van der Waals surface area contributed by atoms with Crippen molar-refractivity contribution < 1.29 is 48.0 Å². The van der Waals surface area contributed by atoms with Crippen molar-refractivity contribution in [2.45, 2.75) is 51.9 Å². The molecule has 0 saturated carbocycles. The maximum absolute atomic E-state index is 13.0. The van der Waals surface area contributed by atoms with Gasteiger partial charge in [-0.3, -0.25) is 19.2 Å². The SMILES string of the molecule is COC(C(=O)N1C(=O)OCC1C(C)C)C(OC(C)=O)C(=O)C=CC(=O)CCCOCCO. The highest BCUT2D eigenvalue weighted by atomic mass is 16.6. The highest BCUT2D eigenvalue weighted by Gasteiger charge is 2.46. The van der Waals surface area contributed by atoms with Crippen LogP contribution in [0.4, 0.5) is 4.79 Å². The van der Waals surface area contributed by atoms with Crippen LogP contribution in [0.5, 0.6) is 0 Å². The molecule has 0 spiro atoms. The summed E-state index contributed by atoms with van der Waals surface area (Å²) in [6, 6.07) is -0.564. The van der Waals surface area contributed by atoms with Crippen LogP contribution in [0, 0.1) is 5.92 Å². The Labute approximate surface area is 186 Å². The Hall–Kier alpha value is -2.63. The van der Waals surface area contributed by atoms with Gasteiger partial charge in [0, 0.05) is 27.1 Å². The van der Waals surface area contributed by atoms with Gasteiger partial charge in [0.05, 0.1) is 19.3 Å². The van der Waals surface area contributed by atoms with E-state index in [1.54, 1.807) is 13.8 Å². The third-order valence-corrected chi connectivity index (χ3v) is 4.64. The van der Waals surface area contributed by atoms with Gasteiger partial charge in [-0.25, -0.2) is 9.69 Å². The molecule has 1 fully saturated rings. The van der Waals surface area contributed by atoms with E-state index in [2.05, 4.69) is 0 Å². The molecule has 1 N–H and O–H groups in total. The fourth-order valence-electron chi connectivity index (χ4n) is 2.99. The minimum Gasteiger partial charge on any atom is -0.451 e. The lowest BCUT2D eigenvalue weighted by molar-refractivity contribution is -0.166. The fraction of sp³-hybridized carbons (Fsp3) is 0.667. The van der Waals surface area contributed by atoms with Crippen LogP contribution < -0.4 is 0 Å². The number of cyclic esters (lactones) is 1. The van der Waals surface area contributed by atoms with Crippen LogP contribution in [-0.2, 0) is 38.1 Å². The number of hydrogen-bond acceptors (Lipinski definition) is 10. The number of esters is 1. The first-order chi connectivity index (χ1) is 15.1. The lowest BCUT2D eigenvalue weighted by Gasteiger charge is -2.29. The van der Waals surface area contributed by atoms with Crippen molar-refractivity contribution in [1.29, 1.82) is 0 Å². The predicted molar refractivity (Wildman–Crippen MR) is 109 cm³/mol. The summed E-state index contributed by atoms with van der Waals surface area (Å²) < 4.78 is 20.2. The number of amides is 2.